The first-order chi connectivity index (χ1) is 10.1. The minimum Gasteiger partial charge on any atom is -0.317 e. The molecule has 0 aliphatic carbocycles. The number of hydrogen-bond donors (Lipinski definition) is 1. The highest BCUT2D eigenvalue weighted by Gasteiger charge is 2.24. The molecule has 1 saturated heterocycles. The van der Waals surface area contributed by atoms with Crippen molar-refractivity contribution >= 4 is 10.0 Å². The van der Waals surface area contributed by atoms with Crippen molar-refractivity contribution in [1.29, 1.82) is 0 Å². The van der Waals surface area contributed by atoms with Crippen LogP contribution >= 0.6 is 0 Å². The van der Waals surface area contributed by atoms with Gasteiger partial charge < -0.3 is 5.32 Å². The Hall–Kier alpha value is -0.980. The van der Waals surface area contributed by atoms with E-state index in [1.165, 1.54) is 0 Å². The van der Waals surface area contributed by atoms with Gasteiger partial charge in [-0.3, -0.25) is 4.98 Å². The molecule has 5 nitrogen and oxygen atoms in total. The minimum absolute atomic E-state index is 0.142. The summed E-state index contributed by atoms with van der Waals surface area (Å²) in [4.78, 5) is 4.19. The molecule has 0 spiro atoms. The first-order valence-electron chi connectivity index (χ1n) is 7.70. The normalized spacial score (nSPS) is 17.2. The molecule has 0 aromatic carbocycles. The Kier molecular flexibility index (Phi) is 6.14. The number of pyridine rings is 1. The van der Waals surface area contributed by atoms with E-state index in [1.807, 2.05) is 25.1 Å². The fourth-order valence-corrected chi connectivity index (χ4v) is 4.26. The van der Waals surface area contributed by atoms with Gasteiger partial charge in [0, 0.05) is 31.4 Å². The van der Waals surface area contributed by atoms with Crippen LogP contribution < -0.4 is 5.32 Å². The quantitative estimate of drug-likeness (QED) is 0.824. The summed E-state index contributed by atoms with van der Waals surface area (Å²) in [6, 6.07) is 5.60. The second-order valence-electron chi connectivity index (χ2n) is 5.53. The van der Waals surface area contributed by atoms with E-state index in [2.05, 4.69) is 10.3 Å². The van der Waals surface area contributed by atoms with Crippen molar-refractivity contribution in [2.75, 3.05) is 31.9 Å². The topological polar surface area (TPSA) is 62.3 Å². The van der Waals surface area contributed by atoms with Crippen LogP contribution in [0.25, 0.3) is 0 Å². The van der Waals surface area contributed by atoms with Gasteiger partial charge in [0.2, 0.25) is 10.0 Å². The second-order valence-corrected chi connectivity index (χ2v) is 7.62. The molecule has 21 heavy (non-hydrogen) atoms. The third kappa shape index (κ3) is 5.05. The maximum atomic E-state index is 12.5. The van der Waals surface area contributed by atoms with Crippen molar-refractivity contribution < 1.29 is 8.42 Å². The summed E-state index contributed by atoms with van der Waals surface area (Å²) < 4.78 is 26.6. The van der Waals surface area contributed by atoms with Gasteiger partial charge in [-0.1, -0.05) is 13.0 Å². The fraction of sp³-hybridized carbons (Fsp3) is 0.667. The Morgan fingerprint density at radius 3 is 2.71 bits per heavy atom. The summed E-state index contributed by atoms with van der Waals surface area (Å²) in [5.41, 5.74) is 0.832. The van der Waals surface area contributed by atoms with Gasteiger partial charge >= 0.3 is 0 Å². The molecule has 1 fully saturated rings. The predicted octanol–water partition coefficient (Wildman–Crippen LogP) is 1.28. The molecule has 0 radical (unpaired) electrons. The van der Waals surface area contributed by atoms with Crippen molar-refractivity contribution in [3.8, 4) is 0 Å². The summed E-state index contributed by atoms with van der Waals surface area (Å²) in [6.45, 7) is 5.11. The Morgan fingerprint density at radius 1 is 1.33 bits per heavy atom. The zero-order valence-electron chi connectivity index (χ0n) is 12.7. The number of hydrogen-bond acceptors (Lipinski definition) is 4. The van der Waals surface area contributed by atoms with Crippen LogP contribution in [-0.2, 0) is 16.4 Å². The lowest BCUT2D eigenvalue weighted by Gasteiger charge is -2.28. The number of nitrogens with zero attached hydrogens (tertiary/aromatic N) is 2. The van der Waals surface area contributed by atoms with Gasteiger partial charge in [0.15, 0.2) is 0 Å². The number of nitrogens with one attached hydrogen (secondary N) is 1. The molecule has 1 aromatic heterocycles. The monoisotopic (exact) mass is 311 g/mol. The van der Waals surface area contributed by atoms with Gasteiger partial charge in [-0.15, -0.1) is 0 Å². The van der Waals surface area contributed by atoms with E-state index in [0.717, 1.165) is 31.6 Å². The second kappa shape index (κ2) is 7.87. The zero-order valence-corrected chi connectivity index (χ0v) is 13.5. The first-order valence-corrected chi connectivity index (χ1v) is 9.31. The Balaban J connectivity index is 1.91. The lowest BCUT2D eigenvalue weighted by atomic mass is 9.98. The smallest absolute Gasteiger partial charge is 0.214 e. The Morgan fingerprint density at radius 2 is 2.10 bits per heavy atom. The standard InChI is InChI=1S/C15H25N3O2S/c1-2-18(13-14-6-10-16-11-7-14)21(19,20)12-8-15-5-3-4-9-17-15/h3-5,9,14,16H,2,6-8,10-13H2,1H3. The highest BCUT2D eigenvalue weighted by molar-refractivity contribution is 7.89. The number of aryl methyl sites for hydroxylation is 1. The van der Waals surface area contributed by atoms with Crippen LogP contribution in [0.4, 0.5) is 0 Å². The SMILES string of the molecule is CCN(CC1CCNCC1)S(=O)(=O)CCc1ccccn1. The summed E-state index contributed by atoms with van der Waals surface area (Å²) in [6.07, 6.45) is 4.30. The van der Waals surface area contributed by atoms with Crippen LogP contribution in [0, 0.1) is 5.92 Å². The highest BCUT2D eigenvalue weighted by atomic mass is 32.2. The lowest BCUT2D eigenvalue weighted by Crippen LogP contribution is -2.40. The summed E-state index contributed by atoms with van der Waals surface area (Å²) in [7, 11) is -3.20. The molecule has 6 heteroatoms. The average molecular weight is 311 g/mol. The van der Waals surface area contributed by atoms with Gasteiger partial charge in [0.25, 0.3) is 0 Å². The van der Waals surface area contributed by atoms with E-state index in [4.69, 9.17) is 0 Å². The molecule has 1 aromatic rings. The molecule has 0 bridgehead atoms. The lowest BCUT2D eigenvalue weighted by molar-refractivity contribution is 0.294. The molecule has 0 atom stereocenters. The van der Waals surface area contributed by atoms with Crippen LogP contribution in [0.1, 0.15) is 25.5 Å². The Labute approximate surface area is 127 Å². The van der Waals surface area contributed by atoms with E-state index in [1.54, 1.807) is 10.5 Å². The number of aromatic nitrogens is 1. The zero-order chi connectivity index (χ0) is 15.1. The van der Waals surface area contributed by atoms with E-state index >= 15 is 0 Å². The molecule has 0 unspecified atom stereocenters. The molecule has 0 saturated carbocycles. The summed E-state index contributed by atoms with van der Waals surface area (Å²) >= 11 is 0. The van der Waals surface area contributed by atoms with Gasteiger partial charge in [-0.05, 0) is 44.0 Å². The molecule has 1 aliphatic heterocycles. The number of sulfonamides is 1. The fourth-order valence-electron chi connectivity index (χ4n) is 2.70. The maximum absolute atomic E-state index is 12.5. The molecular weight excluding hydrogens is 286 g/mol. The number of piperidine rings is 1. The minimum atomic E-state index is -3.20. The van der Waals surface area contributed by atoms with E-state index in [0.29, 0.717) is 25.4 Å². The van der Waals surface area contributed by atoms with Crippen LogP contribution in [0.2, 0.25) is 0 Å². The molecule has 118 valence electrons. The van der Waals surface area contributed by atoms with E-state index in [-0.39, 0.29) is 5.75 Å². The molecule has 1 aliphatic rings. The van der Waals surface area contributed by atoms with Crippen LogP contribution in [-0.4, -0.2) is 49.6 Å². The third-order valence-electron chi connectivity index (χ3n) is 4.01. The highest BCUT2D eigenvalue weighted by Crippen LogP contribution is 2.16. The Bertz CT molecular complexity index is 513. The number of rotatable bonds is 7. The first kappa shape index (κ1) is 16.4. The van der Waals surface area contributed by atoms with Crippen LogP contribution in [0.3, 0.4) is 0 Å². The largest absolute Gasteiger partial charge is 0.317 e. The molecule has 0 amide bonds. The molecular formula is C15H25N3O2S. The van der Waals surface area contributed by atoms with Gasteiger partial charge in [-0.25, -0.2) is 12.7 Å². The average Bonchev–Trinajstić information content (AvgIpc) is 2.52. The van der Waals surface area contributed by atoms with Gasteiger partial charge in [-0.2, -0.15) is 0 Å². The van der Waals surface area contributed by atoms with Crippen LogP contribution in [0.15, 0.2) is 24.4 Å². The molecule has 2 rings (SSSR count). The van der Waals surface area contributed by atoms with E-state index in [9.17, 15) is 8.42 Å². The van der Waals surface area contributed by atoms with Crippen molar-refractivity contribution in [3.05, 3.63) is 30.1 Å². The summed E-state index contributed by atoms with van der Waals surface area (Å²) in [5.74, 6) is 0.624. The van der Waals surface area contributed by atoms with Crippen LogP contribution in [0.5, 0.6) is 0 Å². The van der Waals surface area contributed by atoms with Crippen molar-refractivity contribution in [2.45, 2.75) is 26.2 Å². The van der Waals surface area contributed by atoms with Crippen molar-refractivity contribution in [3.63, 3.8) is 0 Å². The van der Waals surface area contributed by atoms with Gasteiger partial charge in [0.05, 0.1) is 5.75 Å². The van der Waals surface area contributed by atoms with Crippen molar-refractivity contribution in [1.82, 2.24) is 14.6 Å². The molecule has 2 heterocycles. The maximum Gasteiger partial charge on any atom is 0.214 e. The van der Waals surface area contributed by atoms with Crippen molar-refractivity contribution in [2.24, 2.45) is 5.92 Å². The predicted molar refractivity (Wildman–Crippen MR) is 84.6 cm³/mol. The molecule has 1 N–H and O–H groups in total. The third-order valence-corrected chi connectivity index (χ3v) is 5.92. The summed E-state index contributed by atoms with van der Waals surface area (Å²) in [5, 5.41) is 3.32. The van der Waals surface area contributed by atoms with Gasteiger partial charge in [0.1, 0.15) is 0 Å². The van der Waals surface area contributed by atoms with E-state index < -0.39 is 10.0 Å².